The molecule has 1 aromatic carbocycles. The topological polar surface area (TPSA) is 38.3 Å². The molecule has 0 unspecified atom stereocenters. The van der Waals surface area contributed by atoms with Gasteiger partial charge in [-0.2, -0.15) is 0 Å². The fourth-order valence-corrected chi connectivity index (χ4v) is 1.11. The second-order valence-electron chi connectivity index (χ2n) is 3.40. The fourth-order valence-electron chi connectivity index (χ4n) is 1.11. The van der Waals surface area contributed by atoms with Crippen LogP contribution >= 0.6 is 0 Å². The van der Waals surface area contributed by atoms with Crippen molar-refractivity contribution in [3.8, 4) is 17.6 Å². The van der Waals surface area contributed by atoms with Gasteiger partial charge in [0.05, 0.1) is 12.1 Å². The van der Waals surface area contributed by atoms with Crippen LogP contribution in [0, 0.1) is 17.7 Å². The summed E-state index contributed by atoms with van der Waals surface area (Å²) in [6, 6.07) is 2.51. The van der Waals surface area contributed by atoms with E-state index in [0.29, 0.717) is 0 Å². The van der Waals surface area contributed by atoms with Gasteiger partial charge in [-0.3, -0.25) is 4.79 Å². The Labute approximate surface area is 106 Å². The zero-order valence-electron chi connectivity index (χ0n) is 9.77. The molecule has 0 radical (unpaired) electrons. The van der Waals surface area contributed by atoms with Gasteiger partial charge in [-0.25, -0.2) is 4.39 Å². The van der Waals surface area contributed by atoms with Crippen LogP contribution in [0.2, 0.25) is 0 Å². The van der Waals surface area contributed by atoms with Gasteiger partial charge in [0, 0.05) is 6.92 Å². The Balaban J connectivity index is 2.82. The Hall–Kier alpha value is -2.23. The first-order chi connectivity index (χ1) is 8.78. The minimum Gasteiger partial charge on any atom is -0.406 e. The maximum absolute atomic E-state index is 13.3. The summed E-state index contributed by atoms with van der Waals surface area (Å²) in [6.45, 7) is 1.25. The van der Waals surface area contributed by atoms with Gasteiger partial charge >= 0.3 is 6.36 Å². The van der Waals surface area contributed by atoms with Crippen LogP contribution in [0.1, 0.15) is 12.5 Å². The molecule has 0 aliphatic carbocycles. The van der Waals surface area contributed by atoms with E-state index < -0.39 is 17.9 Å². The van der Waals surface area contributed by atoms with Gasteiger partial charge in [0.2, 0.25) is 5.91 Å². The number of carbonyl (C=O) groups is 1. The molecule has 0 aliphatic rings. The van der Waals surface area contributed by atoms with E-state index in [-0.39, 0.29) is 18.0 Å². The molecule has 0 saturated carbocycles. The van der Waals surface area contributed by atoms with Crippen molar-refractivity contribution in [2.75, 3.05) is 6.54 Å². The predicted molar refractivity (Wildman–Crippen MR) is 58.6 cm³/mol. The van der Waals surface area contributed by atoms with Crippen LogP contribution in [0.15, 0.2) is 18.2 Å². The summed E-state index contributed by atoms with van der Waals surface area (Å²) < 4.78 is 52.8. The molecule has 1 N–H and O–H groups in total. The predicted octanol–water partition coefficient (Wildman–Crippen LogP) is 2.21. The first-order valence-electron chi connectivity index (χ1n) is 5.06. The number of nitrogens with one attached hydrogen (secondary N) is 1. The van der Waals surface area contributed by atoms with Crippen molar-refractivity contribution in [3.63, 3.8) is 0 Å². The minimum absolute atomic E-state index is 0.0286. The van der Waals surface area contributed by atoms with Crippen LogP contribution < -0.4 is 10.1 Å². The van der Waals surface area contributed by atoms with E-state index in [1.165, 1.54) is 6.92 Å². The molecule has 0 heterocycles. The molecule has 3 nitrogen and oxygen atoms in total. The molecule has 0 aromatic heterocycles. The Bertz CT molecular complexity index is 529. The van der Waals surface area contributed by atoms with Crippen molar-refractivity contribution in [1.29, 1.82) is 0 Å². The molecule has 0 saturated heterocycles. The lowest BCUT2D eigenvalue weighted by Crippen LogP contribution is -2.19. The van der Waals surface area contributed by atoms with Crippen LogP contribution in [0.3, 0.4) is 0 Å². The Morgan fingerprint density at radius 2 is 2.11 bits per heavy atom. The van der Waals surface area contributed by atoms with Crippen LogP contribution in [0.25, 0.3) is 0 Å². The minimum atomic E-state index is -4.85. The van der Waals surface area contributed by atoms with Gasteiger partial charge in [0.1, 0.15) is 11.6 Å². The number of ether oxygens (including phenoxy) is 1. The van der Waals surface area contributed by atoms with Crippen molar-refractivity contribution < 1.29 is 27.1 Å². The zero-order valence-corrected chi connectivity index (χ0v) is 9.77. The van der Waals surface area contributed by atoms with E-state index in [1.807, 2.05) is 0 Å². The molecule has 7 heteroatoms. The number of carbonyl (C=O) groups excluding carboxylic acids is 1. The van der Waals surface area contributed by atoms with Crippen molar-refractivity contribution in [2.45, 2.75) is 13.3 Å². The van der Waals surface area contributed by atoms with Crippen LogP contribution in [-0.4, -0.2) is 18.8 Å². The smallest absolute Gasteiger partial charge is 0.406 e. The summed E-state index contributed by atoms with van der Waals surface area (Å²) in [5.41, 5.74) is -0.243. The second-order valence-corrected chi connectivity index (χ2v) is 3.40. The van der Waals surface area contributed by atoms with E-state index >= 15 is 0 Å². The quantitative estimate of drug-likeness (QED) is 0.664. The average Bonchev–Trinajstić information content (AvgIpc) is 2.26. The third-order valence-electron chi connectivity index (χ3n) is 1.82. The zero-order chi connectivity index (χ0) is 14.5. The number of alkyl halides is 3. The van der Waals surface area contributed by atoms with Gasteiger partial charge in [0.25, 0.3) is 0 Å². The Kier molecular flexibility index (Phi) is 4.75. The number of hydrogen-bond donors (Lipinski definition) is 1. The molecule has 0 fully saturated rings. The first kappa shape index (κ1) is 14.8. The maximum atomic E-state index is 13.3. The normalized spacial score (nSPS) is 10.4. The molecule has 0 atom stereocenters. The highest BCUT2D eigenvalue weighted by molar-refractivity contribution is 5.73. The van der Waals surface area contributed by atoms with Gasteiger partial charge in [0.15, 0.2) is 0 Å². The van der Waals surface area contributed by atoms with Crippen LogP contribution in [0.5, 0.6) is 5.75 Å². The summed E-state index contributed by atoms with van der Waals surface area (Å²) in [4.78, 5) is 10.5. The molecule has 1 aromatic rings. The largest absolute Gasteiger partial charge is 0.573 e. The fraction of sp³-hybridized carbons (Fsp3) is 0.250. The molecular weight excluding hydrogens is 266 g/mol. The molecular formula is C12H9F4NO2. The number of benzene rings is 1. The molecule has 0 bridgehead atoms. The highest BCUT2D eigenvalue weighted by Gasteiger charge is 2.31. The lowest BCUT2D eigenvalue weighted by molar-refractivity contribution is -0.274. The van der Waals surface area contributed by atoms with Gasteiger partial charge in [-0.15, -0.1) is 13.2 Å². The van der Waals surface area contributed by atoms with Gasteiger partial charge in [-0.05, 0) is 18.2 Å². The van der Waals surface area contributed by atoms with E-state index in [1.54, 1.807) is 0 Å². The molecule has 1 amide bonds. The molecule has 1 rings (SSSR count). The third kappa shape index (κ3) is 5.77. The number of rotatable bonds is 2. The third-order valence-corrected chi connectivity index (χ3v) is 1.82. The van der Waals surface area contributed by atoms with E-state index in [0.717, 1.165) is 18.2 Å². The van der Waals surface area contributed by atoms with Crippen LogP contribution in [0.4, 0.5) is 17.6 Å². The monoisotopic (exact) mass is 275 g/mol. The van der Waals surface area contributed by atoms with Gasteiger partial charge in [-0.1, -0.05) is 11.8 Å². The molecule has 0 spiro atoms. The second kappa shape index (κ2) is 6.09. The highest BCUT2D eigenvalue weighted by Crippen LogP contribution is 2.24. The highest BCUT2D eigenvalue weighted by atomic mass is 19.4. The lowest BCUT2D eigenvalue weighted by Gasteiger charge is -2.08. The SMILES string of the molecule is CC(=O)NCC#Cc1cc(OC(F)(F)F)ccc1F. The van der Waals surface area contributed by atoms with Crippen molar-refractivity contribution >= 4 is 5.91 Å². The standard InChI is InChI=1S/C12H9F4NO2/c1-8(18)17-6-2-3-9-7-10(4-5-11(9)13)19-12(14,15)16/h4-5,7H,6H2,1H3,(H,17,18). The summed E-state index contributed by atoms with van der Waals surface area (Å²) in [5.74, 6) is 3.07. The van der Waals surface area contributed by atoms with Crippen molar-refractivity contribution in [2.24, 2.45) is 0 Å². The summed E-state index contributed by atoms with van der Waals surface area (Å²) >= 11 is 0. The molecule has 19 heavy (non-hydrogen) atoms. The lowest BCUT2D eigenvalue weighted by atomic mass is 10.2. The van der Waals surface area contributed by atoms with Crippen molar-refractivity contribution in [1.82, 2.24) is 5.32 Å². The Morgan fingerprint density at radius 1 is 1.42 bits per heavy atom. The van der Waals surface area contributed by atoms with E-state index in [2.05, 4.69) is 21.9 Å². The summed E-state index contributed by atoms with van der Waals surface area (Å²) in [5, 5.41) is 2.34. The van der Waals surface area contributed by atoms with E-state index in [9.17, 15) is 22.4 Å². The number of amides is 1. The first-order valence-corrected chi connectivity index (χ1v) is 5.06. The van der Waals surface area contributed by atoms with Crippen LogP contribution in [-0.2, 0) is 4.79 Å². The summed E-state index contributed by atoms with van der Waals surface area (Å²) in [7, 11) is 0. The Morgan fingerprint density at radius 3 is 2.68 bits per heavy atom. The average molecular weight is 275 g/mol. The molecule has 102 valence electrons. The number of halogens is 4. The summed E-state index contributed by atoms with van der Waals surface area (Å²) in [6.07, 6.45) is -4.85. The molecule has 0 aliphatic heterocycles. The van der Waals surface area contributed by atoms with Crippen molar-refractivity contribution in [3.05, 3.63) is 29.6 Å². The van der Waals surface area contributed by atoms with E-state index in [4.69, 9.17) is 0 Å². The van der Waals surface area contributed by atoms with Gasteiger partial charge < -0.3 is 10.1 Å². The number of hydrogen-bond acceptors (Lipinski definition) is 2. The maximum Gasteiger partial charge on any atom is 0.573 e.